The van der Waals surface area contributed by atoms with Crippen LogP contribution in [-0.2, 0) is 27.3 Å². The average molecular weight is 532 g/mol. The minimum atomic E-state index is -0.319. The first-order valence-corrected chi connectivity index (χ1v) is 13.0. The van der Waals surface area contributed by atoms with Gasteiger partial charge in [-0.2, -0.15) is 0 Å². The summed E-state index contributed by atoms with van der Waals surface area (Å²) in [6.45, 7) is 0.751. The third-order valence-electron chi connectivity index (χ3n) is 5.86. The van der Waals surface area contributed by atoms with Crippen LogP contribution in [-0.4, -0.2) is 36.6 Å². The number of thiocarbonyl (C=S) groups is 1. The van der Waals surface area contributed by atoms with Gasteiger partial charge in [-0.05, 0) is 54.7 Å². The van der Waals surface area contributed by atoms with Gasteiger partial charge in [-0.1, -0.05) is 72.8 Å². The highest BCUT2D eigenvalue weighted by Crippen LogP contribution is 2.19. The van der Waals surface area contributed by atoms with E-state index in [1.165, 1.54) is 5.56 Å². The van der Waals surface area contributed by atoms with Gasteiger partial charge in [0.15, 0.2) is 5.11 Å². The first-order valence-electron chi connectivity index (χ1n) is 12.6. The lowest BCUT2D eigenvalue weighted by Crippen LogP contribution is -2.41. The quantitative estimate of drug-likeness (QED) is 0.198. The number of aryl methyl sites for hydroxylation is 1. The number of hydrogen-bond donors (Lipinski definition) is 2. The lowest BCUT2D eigenvalue weighted by molar-refractivity contribution is -0.143. The predicted octanol–water partition coefficient (Wildman–Crippen LogP) is 4.80. The second-order valence-corrected chi connectivity index (χ2v) is 9.15. The van der Waals surface area contributed by atoms with Gasteiger partial charge in [-0.3, -0.25) is 14.4 Å². The van der Waals surface area contributed by atoms with Crippen LogP contribution in [0.15, 0.2) is 84.9 Å². The summed E-state index contributed by atoms with van der Waals surface area (Å²) in [5, 5.41) is 5.76. The SMILES string of the molecule is CN(C(=S)NC(=O)CCCC(=O)OCCCc1ccccc1)c1ccccc1C(=O)NCc1ccccc1. The normalized spacial score (nSPS) is 10.3. The number of para-hydroxylation sites is 1. The molecule has 0 radical (unpaired) electrons. The van der Waals surface area contributed by atoms with Gasteiger partial charge in [0.25, 0.3) is 5.91 Å². The van der Waals surface area contributed by atoms with Crippen molar-refractivity contribution in [2.24, 2.45) is 0 Å². The summed E-state index contributed by atoms with van der Waals surface area (Å²) < 4.78 is 5.26. The smallest absolute Gasteiger partial charge is 0.305 e. The van der Waals surface area contributed by atoms with E-state index in [-0.39, 0.29) is 35.7 Å². The summed E-state index contributed by atoms with van der Waals surface area (Å²) in [7, 11) is 1.69. The molecular weight excluding hydrogens is 498 g/mol. The minimum absolute atomic E-state index is 0.131. The van der Waals surface area contributed by atoms with Crippen molar-refractivity contribution in [1.29, 1.82) is 0 Å². The van der Waals surface area contributed by atoms with Gasteiger partial charge >= 0.3 is 5.97 Å². The topological polar surface area (TPSA) is 87.7 Å². The molecule has 0 atom stereocenters. The highest BCUT2D eigenvalue weighted by molar-refractivity contribution is 7.80. The molecule has 0 aliphatic carbocycles. The first-order chi connectivity index (χ1) is 18.4. The van der Waals surface area contributed by atoms with Crippen LogP contribution in [0.1, 0.15) is 47.2 Å². The Morgan fingerprint density at radius 3 is 2.16 bits per heavy atom. The molecule has 7 nitrogen and oxygen atoms in total. The maximum absolute atomic E-state index is 12.8. The molecule has 0 spiro atoms. The summed E-state index contributed by atoms with van der Waals surface area (Å²) >= 11 is 5.41. The maximum atomic E-state index is 12.8. The van der Waals surface area contributed by atoms with Crippen molar-refractivity contribution in [2.75, 3.05) is 18.6 Å². The van der Waals surface area contributed by atoms with Gasteiger partial charge in [0.2, 0.25) is 5.91 Å². The van der Waals surface area contributed by atoms with Gasteiger partial charge in [0.1, 0.15) is 0 Å². The molecule has 8 heteroatoms. The highest BCUT2D eigenvalue weighted by atomic mass is 32.1. The molecule has 3 aromatic rings. The average Bonchev–Trinajstić information content (AvgIpc) is 2.94. The zero-order valence-corrected chi connectivity index (χ0v) is 22.3. The van der Waals surface area contributed by atoms with E-state index in [9.17, 15) is 14.4 Å². The third-order valence-corrected chi connectivity index (χ3v) is 6.23. The molecule has 0 bridgehead atoms. The van der Waals surface area contributed by atoms with Crippen LogP contribution in [0.2, 0.25) is 0 Å². The maximum Gasteiger partial charge on any atom is 0.305 e. The molecular formula is C30H33N3O4S. The zero-order valence-electron chi connectivity index (χ0n) is 21.5. The number of carbonyl (C=O) groups is 3. The number of rotatable bonds is 12. The Balaban J connectivity index is 1.39. The van der Waals surface area contributed by atoms with Crippen molar-refractivity contribution >= 4 is 40.8 Å². The van der Waals surface area contributed by atoms with Gasteiger partial charge < -0.3 is 20.3 Å². The summed E-state index contributed by atoms with van der Waals surface area (Å²) in [4.78, 5) is 38.8. The van der Waals surface area contributed by atoms with Crippen LogP contribution >= 0.6 is 12.2 Å². The summed E-state index contributed by atoms with van der Waals surface area (Å²) in [5.74, 6) is -0.863. The molecule has 0 aromatic heterocycles. The molecule has 2 amide bonds. The molecule has 0 saturated carbocycles. The van der Waals surface area contributed by atoms with Crippen LogP contribution in [0.3, 0.4) is 0 Å². The molecule has 0 aliphatic heterocycles. The number of benzene rings is 3. The first kappa shape index (κ1) is 28.5. The van der Waals surface area contributed by atoms with Crippen LogP contribution in [0.25, 0.3) is 0 Å². The van der Waals surface area contributed by atoms with Crippen molar-refractivity contribution in [3.8, 4) is 0 Å². The van der Waals surface area contributed by atoms with Crippen molar-refractivity contribution in [3.05, 3.63) is 102 Å². The van der Waals surface area contributed by atoms with Crippen LogP contribution < -0.4 is 15.5 Å². The molecule has 3 aromatic carbocycles. The molecule has 0 fully saturated rings. The molecule has 198 valence electrons. The van der Waals surface area contributed by atoms with Crippen molar-refractivity contribution in [2.45, 2.75) is 38.6 Å². The second-order valence-electron chi connectivity index (χ2n) is 8.76. The largest absolute Gasteiger partial charge is 0.466 e. The standard InChI is InChI=1S/C30H33N3O4S/c1-33(26-18-9-8-17-25(26)29(36)31-22-24-14-6-3-7-15-24)30(38)32-27(34)19-10-20-28(35)37-21-11-16-23-12-4-2-5-13-23/h2-9,12-15,17-18H,10-11,16,19-22H2,1H3,(H,31,36)(H,32,34,38). The Labute approximate surface area is 229 Å². The number of hydrogen-bond acceptors (Lipinski definition) is 5. The van der Waals surface area contributed by atoms with Gasteiger partial charge in [0, 0.05) is 26.4 Å². The van der Waals surface area contributed by atoms with E-state index in [1.54, 1.807) is 36.2 Å². The van der Waals surface area contributed by atoms with E-state index in [4.69, 9.17) is 17.0 Å². The van der Waals surface area contributed by atoms with E-state index < -0.39 is 0 Å². The molecule has 3 rings (SSSR count). The third kappa shape index (κ3) is 9.44. The summed E-state index contributed by atoms with van der Waals surface area (Å²) in [6, 6.07) is 26.7. The fraction of sp³-hybridized carbons (Fsp3) is 0.267. The molecule has 2 N–H and O–H groups in total. The van der Waals surface area contributed by atoms with Crippen molar-refractivity contribution < 1.29 is 19.1 Å². The Kier molecular flexibility index (Phi) is 11.5. The predicted molar refractivity (Wildman–Crippen MR) is 153 cm³/mol. The van der Waals surface area contributed by atoms with Gasteiger partial charge in [-0.25, -0.2) is 0 Å². The summed E-state index contributed by atoms with van der Waals surface area (Å²) in [6.07, 6.45) is 2.24. The number of ether oxygens (including phenoxy) is 1. The number of carbonyl (C=O) groups excluding carboxylic acids is 3. The summed E-state index contributed by atoms with van der Waals surface area (Å²) in [5.41, 5.74) is 3.21. The van der Waals surface area contributed by atoms with E-state index in [0.717, 1.165) is 18.4 Å². The van der Waals surface area contributed by atoms with Crippen molar-refractivity contribution in [1.82, 2.24) is 10.6 Å². The lowest BCUT2D eigenvalue weighted by Gasteiger charge is -2.23. The van der Waals surface area contributed by atoms with Crippen LogP contribution in [0.5, 0.6) is 0 Å². The highest BCUT2D eigenvalue weighted by Gasteiger charge is 2.18. The van der Waals surface area contributed by atoms with Gasteiger partial charge in [-0.15, -0.1) is 0 Å². The van der Waals surface area contributed by atoms with Gasteiger partial charge in [0.05, 0.1) is 17.9 Å². The van der Waals surface area contributed by atoms with E-state index in [2.05, 4.69) is 10.6 Å². The Morgan fingerprint density at radius 2 is 1.45 bits per heavy atom. The Hall–Kier alpha value is -4.04. The monoisotopic (exact) mass is 531 g/mol. The molecule has 0 aliphatic rings. The molecule has 0 unspecified atom stereocenters. The fourth-order valence-corrected chi connectivity index (χ4v) is 3.99. The van der Waals surface area contributed by atoms with Crippen LogP contribution in [0, 0.1) is 0 Å². The molecule has 38 heavy (non-hydrogen) atoms. The number of amides is 2. The number of anilines is 1. The number of esters is 1. The Bertz CT molecular complexity index is 1220. The number of nitrogens with zero attached hydrogens (tertiary/aromatic N) is 1. The second kappa shape index (κ2) is 15.3. The number of nitrogens with one attached hydrogen (secondary N) is 2. The zero-order chi connectivity index (χ0) is 27.2. The molecule has 0 saturated heterocycles. The van der Waals surface area contributed by atoms with Crippen molar-refractivity contribution in [3.63, 3.8) is 0 Å². The minimum Gasteiger partial charge on any atom is -0.466 e. The van der Waals surface area contributed by atoms with E-state index in [0.29, 0.717) is 30.8 Å². The molecule has 0 heterocycles. The fourth-order valence-electron chi connectivity index (χ4n) is 3.78. The van der Waals surface area contributed by atoms with E-state index >= 15 is 0 Å². The Morgan fingerprint density at radius 1 is 0.816 bits per heavy atom. The van der Waals surface area contributed by atoms with E-state index in [1.807, 2.05) is 60.7 Å². The van der Waals surface area contributed by atoms with Crippen LogP contribution in [0.4, 0.5) is 5.69 Å². The lowest BCUT2D eigenvalue weighted by atomic mass is 10.1.